The van der Waals surface area contributed by atoms with Crippen LogP contribution in [0.15, 0.2) is 60.8 Å². The molecule has 3 rings (SSSR count). The Balaban J connectivity index is 1.76. The van der Waals surface area contributed by atoms with E-state index < -0.39 is 0 Å². The molecule has 0 fully saturated rings. The first-order chi connectivity index (χ1) is 10.4. The molecular formula is C18H15N3. The number of para-hydroxylation sites is 1. The van der Waals surface area contributed by atoms with Gasteiger partial charge in [-0.3, -0.25) is 4.98 Å². The summed E-state index contributed by atoms with van der Waals surface area (Å²) in [6.45, 7) is 0.728. The van der Waals surface area contributed by atoms with E-state index >= 15 is 0 Å². The molecule has 2 aromatic carbocycles. The molecule has 1 aromatic heterocycles. The molecular weight excluding hydrogens is 258 g/mol. The summed E-state index contributed by atoms with van der Waals surface area (Å²) in [6, 6.07) is 20.4. The first-order valence-corrected chi connectivity index (χ1v) is 6.89. The van der Waals surface area contributed by atoms with Gasteiger partial charge in [-0.25, -0.2) is 0 Å². The molecule has 3 aromatic rings. The number of aromatic nitrogens is 1. The van der Waals surface area contributed by atoms with Crippen LogP contribution in [-0.2, 0) is 13.0 Å². The largest absolute Gasteiger partial charge is 0.381 e. The Labute approximate surface area is 123 Å². The van der Waals surface area contributed by atoms with Gasteiger partial charge in [-0.2, -0.15) is 5.26 Å². The Hall–Kier alpha value is -2.86. The summed E-state index contributed by atoms with van der Waals surface area (Å²) in [4.78, 5) is 4.46. The van der Waals surface area contributed by atoms with E-state index in [1.165, 1.54) is 5.56 Å². The van der Waals surface area contributed by atoms with Gasteiger partial charge < -0.3 is 5.32 Å². The second-order valence-corrected chi connectivity index (χ2v) is 4.88. The van der Waals surface area contributed by atoms with Crippen LogP contribution in [0.2, 0.25) is 0 Å². The molecule has 0 amide bonds. The lowest BCUT2D eigenvalue weighted by molar-refractivity contribution is 1.15. The fraction of sp³-hybridized carbons (Fsp3) is 0.111. The lowest BCUT2D eigenvalue weighted by Crippen LogP contribution is -2.00. The smallest absolute Gasteiger partial charge is 0.0751 e. The van der Waals surface area contributed by atoms with Crippen LogP contribution in [0.1, 0.15) is 11.1 Å². The van der Waals surface area contributed by atoms with E-state index in [9.17, 15) is 0 Å². The van der Waals surface area contributed by atoms with Crippen LogP contribution in [-0.4, -0.2) is 4.98 Å². The summed E-state index contributed by atoms with van der Waals surface area (Å²) in [5.41, 5.74) is 4.29. The zero-order chi connectivity index (χ0) is 14.5. The predicted octanol–water partition coefficient (Wildman–Crippen LogP) is 3.91. The number of nitrogens with one attached hydrogen (secondary N) is 1. The minimum Gasteiger partial charge on any atom is -0.381 e. The number of rotatable bonds is 4. The highest BCUT2D eigenvalue weighted by Gasteiger charge is 2.01. The molecule has 0 spiro atoms. The van der Waals surface area contributed by atoms with Gasteiger partial charge in [-0.15, -0.1) is 0 Å². The average Bonchev–Trinajstić information content (AvgIpc) is 2.54. The molecule has 3 heteroatoms. The monoisotopic (exact) mass is 273 g/mol. The summed E-state index contributed by atoms with van der Waals surface area (Å²) in [5, 5.41) is 13.2. The quantitative estimate of drug-likeness (QED) is 0.784. The molecule has 0 saturated heterocycles. The molecule has 0 radical (unpaired) electrons. The first kappa shape index (κ1) is 13.1. The maximum Gasteiger partial charge on any atom is 0.0751 e. The summed E-state index contributed by atoms with van der Waals surface area (Å²) < 4.78 is 0. The number of nitrogens with zero attached hydrogens (tertiary/aromatic N) is 2. The Bertz CT molecular complexity index is 780. The van der Waals surface area contributed by atoms with Crippen molar-refractivity contribution in [2.75, 3.05) is 5.32 Å². The summed E-state index contributed by atoms with van der Waals surface area (Å²) in [5.74, 6) is 0. The van der Waals surface area contributed by atoms with Crippen LogP contribution in [0.4, 0.5) is 5.69 Å². The summed E-state index contributed by atoms with van der Waals surface area (Å²) in [6.07, 6.45) is 2.27. The van der Waals surface area contributed by atoms with Crippen LogP contribution >= 0.6 is 0 Å². The van der Waals surface area contributed by atoms with Gasteiger partial charge in [0.2, 0.25) is 0 Å². The van der Waals surface area contributed by atoms with Crippen molar-refractivity contribution in [2.45, 2.75) is 13.0 Å². The van der Waals surface area contributed by atoms with E-state index in [0.29, 0.717) is 6.42 Å². The minimum absolute atomic E-state index is 0.452. The van der Waals surface area contributed by atoms with Crippen molar-refractivity contribution >= 4 is 16.6 Å². The fourth-order valence-electron chi connectivity index (χ4n) is 2.34. The first-order valence-electron chi connectivity index (χ1n) is 6.89. The van der Waals surface area contributed by atoms with Gasteiger partial charge in [-0.05, 0) is 29.3 Å². The van der Waals surface area contributed by atoms with E-state index in [0.717, 1.165) is 28.7 Å². The molecule has 3 nitrogen and oxygen atoms in total. The summed E-state index contributed by atoms with van der Waals surface area (Å²) in [7, 11) is 0. The third kappa shape index (κ3) is 3.01. The Morgan fingerprint density at radius 2 is 1.81 bits per heavy atom. The number of hydrogen-bond donors (Lipinski definition) is 1. The van der Waals surface area contributed by atoms with Crippen molar-refractivity contribution in [3.8, 4) is 6.07 Å². The standard InChI is InChI=1S/C18H15N3/c19-11-10-14-6-8-17(9-7-14)21-13-16-4-1-3-15-5-2-12-20-18(15)16/h1-9,12,21H,10,13H2. The highest BCUT2D eigenvalue weighted by Crippen LogP contribution is 2.18. The maximum absolute atomic E-state index is 8.67. The highest BCUT2D eigenvalue weighted by atomic mass is 14.9. The van der Waals surface area contributed by atoms with Gasteiger partial charge >= 0.3 is 0 Å². The van der Waals surface area contributed by atoms with Crippen LogP contribution in [0.3, 0.4) is 0 Å². The second kappa shape index (κ2) is 6.06. The van der Waals surface area contributed by atoms with Crippen LogP contribution < -0.4 is 5.32 Å². The van der Waals surface area contributed by atoms with Crippen molar-refractivity contribution in [2.24, 2.45) is 0 Å². The van der Waals surface area contributed by atoms with Crippen LogP contribution in [0, 0.1) is 11.3 Å². The number of benzene rings is 2. The zero-order valence-electron chi connectivity index (χ0n) is 11.6. The Kier molecular flexibility index (Phi) is 3.79. The lowest BCUT2D eigenvalue weighted by Gasteiger charge is -2.09. The minimum atomic E-state index is 0.452. The van der Waals surface area contributed by atoms with Crippen LogP contribution in [0.5, 0.6) is 0 Å². The van der Waals surface area contributed by atoms with E-state index in [-0.39, 0.29) is 0 Å². The molecule has 0 atom stereocenters. The number of hydrogen-bond acceptors (Lipinski definition) is 3. The van der Waals surface area contributed by atoms with Crippen molar-refractivity contribution in [3.05, 3.63) is 71.9 Å². The highest BCUT2D eigenvalue weighted by molar-refractivity contribution is 5.81. The normalized spacial score (nSPS) is 10.2. The van der Waals surface area contributed by atoms with Crippen molar-refractivity contribution in [1.82, 2.24) is 4.98 Å². The maximum atomic E-state index is 8.67. The van der Waals surface area contributed by atoms with E-state index in [1.54, 1.807) is 0 Å². The number of fused-ring (bicyclic) bond motifs is 1. The fourth-order valence-corrected chi connectivity index (χ4v) is 2.34. The Morgan fingerprint density at radius 3 is 2.62 bits per heavy atom. The van der Waals surface area contributed by atoms with Gasteiger partial charge in [-0.1, -0.05) is 36.4 Å². The van der Waals surface area contributed by atoms with E-state index in [4.69, 9.17) is 5.26 Å². The van der Waals surface area contributed by atoms with E-state index in [2.05, 4.69) is 40.6 Å². The van der Waals surface area contributed by atoms with Gasteiger partial charge in [0.05, 0.1) is 18.0 Å². The zero-order valence-corrected chi connectivity index (χ0v) is 11.6. The second-order valence-electron chi connectivity index (χ2n) is 4.88. The van der Waals surface area contributed by atoms with Gasteiger partial charge in [0.1, 0.15) is 0 Å². The number of pyridine rings is 1. The summed E-state index contributed by atoms with van der Waals surface area (Å²) >= 11 is 0. The third-order valence-corrected chi connectivity index (χ3v) is 3.44. The molecule has 0 saturated carbocycles. The van der Waals surface area contributed by atoms with Crippen LogP contribution in [0.25, 0.3) is 10.9 Å². The van der Waals surface area contributed by atoms with Gasteiger partial charge in [0.15, 0.2) is 0 Å². The molecule has 21 heavy (non-hydrogen) atoms. The van der Waals surface area contributed by atoms with E-state index in [1.807, 2.05) is 36.5 Å². The lowest BCUT2D eigenvalue weighted by atomic mass is 10.1. The van der Waals surface area contributed by atoms with Crippen molar-refractivity contribution in [3.63, 3.8) is 0 Å². The predicted molar refractivity (Wildman–Crippen MR) is 84.8 cm³/mol. The van der Waals surface area contributed by atoms with Crippen molar-refractivity contribution in [1.29, 1.82) is 5.26 Å². The third-order valence-electron chi connectivity index (χ3n) is 3.44. The Morgan fingerprint density at radius 1 is 1.00 bits per heavy atom. The molecule has 1 N–H and O–H groups in total. The topological polar surface area (TPSA) is 48.7 Å². The van der Waals surface area contributed by atoms with Gasteiger partial charge in [0.25, 0.3) is 0 Å². The molecule has 0 aliphatic carbocycles. The molecule has 102 valence electrons. The molecule has 0 unspecified atom stereocenters. The SMILES string of the molecule is N#CCc1ccc(NCc2cccc3cccnc23)cc1. The molecule has 0 bridgehead atoms. The number of anilines is 1. The van der Waals surface area contributed by atoms with Gasteiger partial charge in [0, 0.05) is 23.8 Å². The number of nitriles is 1. The average molecular weight is 273 g/mol. The van der Waals surface area contributed by atoms with Crippen molar-refractivity contribution < 1.29 is 0 Å². The molecule has 0 aliphatic heterocycles. The molecule has 1 heterocycles. The molecule has 0 aliphatic rings.